The fourth-order valence-corrected chi connectivity index (χ4v) is 3.50. The molecule has 1 aliphatic carbocycles. The number of fused-ring (bicyclic) bond motifs is 1. The van der Waals surface area contributed by atoms with E-state index in [1.807, 2.05) is 0 Å². The third kappa shape index (κ3) is 2.35. The molecule has 1 heteroatoms. The van der Waals surface area contributed by atoms with Gasteiger partial charge in [0.25, 0.3) is 0 Å². The van der Waals surface area contributed by atoms with Gasteiger partial charge in [-0.3, -0.25) is 0 Å². The molecule has 0 fully saturated rings. The fourth-order valence-electron chi connectivity index (χ4n) is 3.50. The van der Waals surface area contributed by atoms with Crippen molar-refractivity contribution in [1.82, 2.24) is 0 Å². The number of hydrogen-bond acceptors (Lipinski definition) is 1. The molecule has 0 amide bonds. The standard InChI is InChI=1S/C20H25N/c1-5-8-17-10-11-18-9-6-7-12-21(19(18)13-17)20-15(3)14(2)16(20)4/h10-11,13H,2-3,5-9,12H2,1,4H3. The molecule has 0 unspecified atom stereocenters. The molecule has 0 radical (unpaired) electrons. The molecule has 0 N–H and O–H groups in total. The molecule has 1 aliphatic heterocycles. The monoisotopic (exact) mass is 279 g/mol. The van der Waals surface area contributed by atoms with Gasteiger partial charge < -0.3 is 4.90 Å². The van der Waals surface area contributed by atoms with Crippen molar-refractivity contribution in [3.8, 4) is 0 Å². The molecular formula is C20H25N. The van der Waals surface area contributed by atoms with E-state index in [-0.39, 0.29) is 0 Å². The zero-order valence-electron chi connectivity index (χ0n) is 13.3. The van der Waals surface area contributed by atoms with Crippen molar-refractivity contribution < 1.29 is 0 Å². The second-order valence-corrected chi connectivity index (χ2v) is 6.25. The maximum Gasteiger partial charge on any atom is 0.0520 e. The van der Waals surface area contributed by atoms with Gasteiger partial charge in [0.05, 0.1) is 5.70 Å². The van der Waals surface area contributed by atoms with Gasteiger partial charge in [-0.15, -0.1) is 0 Å². The van der Waals surface area contributed by atoms with Crippen LogP contribution in [-0.4, -0.2) is 6.54 Å². The number of benzene rings is 1. The van der Waals surface area contributed by atoms with Crippen molar-refractivity contribution in [1.29, 1.82) is 0 Å². The summed E-state index contributed by atoms with van der Waals surface area (Å²) < 4.78 is 0. The smallest absolute Gasteiger partial charge is 0.0520 e. The topological polar surface area (TPSA) is 3.24 Å². The summed E-state index contributed by atoms with van der Waals surface area (Å²) in [6.45, 7) is 13.8. The van der Waals surface area contributed by atoms with Crippen LogP contribution in [0.2, 0.25) is 0 Å². The molecular weight excluding hydrogens is 254 g/mol. The van der Waals surface area contributed by atoms with E-state index in [1.54, 1.807) is 0 Å². The zero-order valence-corrected chi connectivity index (χ0v) is 13.3. The molecule has 0 saturated heterocycles. The van der Waals surface area contributed by atoms with Crippen LogP contribution in [-0.2, 0) is 12.8 Å². The molecule has 0 saturated carbocycles. The summed E-state index contributed by atoms with van der Waals surface area (Å²) in [6, 6.07) is 7.05. The SMILES string of the molecule is C=C1C(=C)C(N2CCCCc3ccc(CCC)cc32)=C1C. The number of anilines is 1. The lowest BCUT2D eigenvalue weighted by Crippen LogP contribution is -2.30. The van der Waals surface area contributed by atoms with Crippen LogP contribution in [0.4, 0.5) is 5.69 Å². The maximum atomic E-state index is 4.21. The van der Waals surface area contributed by atoms with Crippen LogP contribution in [0, 0.1) is 0 Å². The van der Waals surface area contributed by atoms with Gasteiger partial charge >= 0.3 is 0 Å². The van der Waals surface area contributed by atoms with Crippen LogP contribution in [0.5, 0.6) is 0 Å². The Morgan fingerprint density at radius 1 is 1.14 bits per heavy atom. The molecule has 0 spiro atoms. The minimum Gasteiger partial charge on any atom is -0.341 e. The highest BCUT2D eigenvalue weighted by Gasteiger charge is 2.30. The Hall–Kier alpha value is -1.76. The van der Waals surface area contributed by atoms with Gasteiger partial charge in [0, 0.05) is 12.2 Å². The first kappa shape index (κ1) is 14.2. The summed E-state index contributed by atoms with van der Waals surface area (Å²) in [5.74, 6) is 0. The maximum absolute atomic E-state index is 4.21. The Balaban J connectivity index is 2.06. The van der Waals surface area contributed by atoms with Gasteiger partial charge in [0.15, 0.2) is 0 Å². The summed E-state index contributed by atoms with van der Waals surface area (Å²) in [7, 11) is 0. The van der Waals surface area contributed by atoms with E-state index in [9.17, 15) is 0 Å². The van der Waals surface area contributed by atoms with Crippen LogP contribution in [0.1, 0.15) is 44.2 Å². The predicted octanol–water partition coefficient (Wildman–Crippen LogP) is 5.18. The van der Waals surface area contributed by atoms with Crippen molar-refractivity contribution in [2.24, 2.45) is 0 Å². The molecule has 21 heavy (non-hydrogen) atoms. The van der Waals surface area contributed by atoms with E-state index in [0.717, 1.165) is 24.1 Å². The molecule has 0 bridgehead atoms. The molecule has 3 rings (SSSR count). The second-order valence-electron chi connectivity index (χ2n) is 6.25. The number of aryl methyl sites for hydroxylation is 2. The van der Waals surface area contributed by atoms with E-state index in [2.05, 4.69) is 50.1 Å². The zero-order chi connectivity index (χ0) is 15.0. The first-order valence-corrected chi connectivity index (χ1v) is 8.12. The fraction of sp³-hybridized carbons (Fsp3) is 0.400. The van der Waals surface area contributed by atoms with Gasteiger partial charge in [0.1, 0.15) is 0 Å². The van der Waals surface area contributed by atoms with Crippen LogP contribution >= 0.6 is 0 Å². The highest BCUT2D eigenvalue weighted by atomic mass is 15.2. The number of allylic oxidation sites excluding steroid dienone is 2. The van der Waals surface area contributed by atoms with Gasteiger partial charge in [0.2, 0.25) is 0 Å². The Bertz CT molecular complexity index is 633. The highest BCUT2D eigenvalue weighted by molar-refractivity contribution is 5.75. The summed E-state index contributed by atoms with van der Waals surface area (Å²) in [6.07, 6.45) is 6.07. The van der Waals surface area contributed by atoms with Gasteiger partial charge in [-0.1, -0.05) is 38.6 Å². The Morgan fingerprint density at radius 3 is 2.67 bits per heavy atom. The van der Waals surface area contributed by atoms with E-state index in [4.69, 9.17) is 0 Å². The van der Waals surface area contributed by atoms with Crippen molar-refractivity contribution in [2.75, 3.05) is 11.4 Å². The molecule has 1 nitrogen and oxygen atoms in total. The third-order valence-corrected chi connectivity index (χ3v) is 4.78. The molecule has 0 atom stereocenters. The molecule has 0 aromatic heterocycles. The van der Waals surface area contributed by atoms with Crippen molar-refractivity contribution in [3.05, 3.63) is 64.9 Å². The first-order valence-electron chi connectivity index (χ1n) is 8.12. The van der Waals surface area contributed by atoms with Crippen molar-refractivity contribution in [3.63, 3.8) is 0 Å². The average molecular weight is 279 g/mol. The number of rotatable bonds is 3. The van der Waals surface area contributed by atoms with Crippen LogP contribution in [0.3, 0.4) is 0 Å². The summed E-state index contributed by atoms with van der Waals surface area (Å²) in [5.41, 5.74) is 9.22. The van der Waals surface area contributed by atoms with E-state index in [0.29, 0.717) is 0 Å². The predicted molar refractivity (Wildman–Crippen MR) is 91.7 cm³/mol. The van der Waals surface area contributed by atoms with Gasteiger partial charge in [-0.25, -0.2) is 0 Å². The van der Waals surface area contributed by atoms with Crippen LogP contribution in [0.15, 0.2) is 53.8 Å². The molecule has 1 heterocycles. The van der Waals surface area contributed by atoms with E-state index < -0.39 is 0 Å². The Labute approximate surface area is 128 Å². The number of hydrogen-bond donors (Lipinski definition) is 0. The van der Waals surface area contributed by atoms with Crippen LogP contribution in [0.25, 0.3) is 0 Å². The number of nitrogens with zero attached hydrogens (tertiary/aromatic N) is 1. The van der Waals surface area contributed by atoms with Gasteiger partial charge in [-0.2, -0.15) is 0 Å². The second kappa shape index (κ2) is 5.55. The van der Waals surface area contributed by atoms with Gasteiger partial charge in [-0.05, 0) is 66.5 Å². The lowest BCUT2D eigenvalue weighted by atomic mass is 9.84. The minimum atomic E-state index is 1.10. The minimum absolute atomic E-state index is 1.10. The van der Waals surface area contributed by atoms with E-state index in [1.165, 1.54) is 53.8 Å². The third-order valence-electron chi connectivity index (χ3n) is 4.78. The highest BCUT2D eigenvalue weighted by Crippen LogP contribution is 2.43. The van der Waals surface area contributed by atoms with Crippen LogP contribution < -0.4 is 4.90 Å². The summed E-state index contributed by atoms with van der Waals surface area (Å²) in [5, 5.41) is 0. The first-order chi connectivity index (χ1) is 10.1. The Kier molecular flexibility index (Phi) is 3.75. The molecule has 110 valence electrons. The molecule has 1 aromatic rings. The molecule has 2 aliphatic rings. The lowest BCUT2D eigenvalue weighted by Gasteiger charge is -2.37. The van der Waals surface area contributed by atoms with Crippen molar-refractivity contribution in [2.45, 2.75) is 46.0 Å². The van der Waals surface area contributed by atoms with E-state index >= 15 is 0 Å². The average Bonchev–Trinajstić information content (AvgIpc) is 2.70. The van der Waals surface area contributed by atoms with Crippen molar-refractivity contribution >= 4 is 5.69 Å². The quantitative estimate of drug-likeness (QED) is 0.736. The normalized spacial score (nSPS) is 18.5. The largest absolute Gasteiger partial charge is 0.341 e. The molecule has 1 aromatic carbocycles. The summed E-state index contributed by atoms with van der Waals surface area (Å²) in [4.78, 5) is 2.49. The Morgan fingerprint density at radius 2 is 1.95 bits per heavy atom. The summed E-state index contributed by atoms with van der Waals surface area (Å²) >= 11 is 0. The lowest BCUT2D eigenvalue weighted by molar-refractivity contribution is 0.746.